The number of carbonyl (C=O) groups excluding carboxylic acids is 1. The molecule has 3 aromatic rings. The van der Waals surface area contributed by atoms with Crippen LogP contribution in [-0.2, 0) is 11.4 Å². The molecule has 1 saturated heterocycles. The first-order valence-corrected chi connectivity index (χ1v) is 10.9. The molecule has 0 atom stereocenters. The molecule has 0 aromatic heterocycles. The SMILES string of the molecule is COc1ccc(/C=C2/NC(=S)N(c3ccccc3OC)C2=O)cc1COc1c(F)c(F)c(F)c(F)c1F. The molecular weight excluding hydrogens is 519 g/mol. The van der Waals surface area contributed by atoms with Crippen LogP contribution in [0.15, 0.2) is 48.2 Å². The first-order chi connectivity index (χ1) is 17.7. The van der Waals surface area contributed by atoms with Gasteiger partial charge >= 0.3 is 0 Å². The van der Waals surface area contributed by atoms with Gasteiger partial charge in [0.15, 0.2) is 10.9 Å². The average molecular weight is 536 g/mol. The molecule has 3 aromatic carbocycles. The fourth-order valence-electron chi connectivity index (χ4n) is 3.60. The van der Waals surface area contributed by atoms with Gasteiger partial charge in [-0.1, -0.05) is 18.2 Å². The molecule has 192 valence electrons. The molecule has 12 heteroatoms. The zero-order valence-electron chi connectivity index (χ0n) is 19.2. The van der Waals surface area contributed by atoms with Crippen molar-refractivity contribution in [2.75, 3.05) is 19.1 Å². The van der Waals surface area contributed by atoms with E-state index >= 15 is 0 Å². The summed E-state index contributed by atoms with van der Waals surface area (Å²) in [5.74, 6) is -12.0. The standard InChI is InChI=1S/C25H17F5N2O4S/c1-34-16-8-7-12(9-13(16)11-36-23-21(29)19(27)18(26)20(28)22(23)30)10-14-24(33)32(25(37)31-14)15-5-3-4-6-17(15)35-2/h3-10H,11H2,1-2H3,(H,31,37)/b14-10+. The second-order valence-corrected chi connectivity index (χ2v) is 7.95. The molecule has 4 rings (SSSR count). The molecule has 37 heavy (non-hydrogen) atoms. The number of benzene rings is 3. The maximum Gasteiger partial charge on any atom is 0.281 e. The lowest BCUT2D eigenvalue weighted by Gasteiger charge is -2.17. The molecule has 1 amide bonds. The molecule has 0 saturated carbocycles. The zero-order chi connectivity index (χ0) is 26.9. The highest BCUT2D eigenvalue weighted by atomic mass is 32.1. The number of nitrogens with one attached hydrogen (secondary N) is 1. The number of para-hydroxylation sites is 2. The average Bonchev–Trinajstić information content (AvgIpc) is 3.18. The maximum absolute atomic E-state index is 14.0. The Kier molecular flexibility index (Phi) is 7.30. The number of thiocarbonyl (C=S) groups is 1. The van der Waals surface area contributed by atoms with E-state index in [1.807, 2.05) is 0 Å². The third kappa shape index (κ3) is 4.79. The molecule has 0 aliphatic carbocycles. The van der Waals surface area contributed by atoms with Crippen LogP contribution in [-0.4, -0.2) is 25.2 Å². The molecule has 6 nitrogen and oxygen atoms in total. The van der Waals surface area contributed by atoms with E-state index in [1.165, 1.54) is 37.3 Å². The Bertz CT molecular complexity index is 1420. The van der Waals surface area contributed by atoms with Crippen molar-refractivity contribution >= 4 is 35.0 Å². The summed E-state index contributed by atoms with van der Waals surface area (Å²) in [7, 11) is 2.78. The van der Waals surface area contributed by atoms with E-state index in [2.05, 4.69) is 5.32 Å². The molecular formula is C25H17F5N2O4S. The number of rotatable bonds is 7. The van der Waals surface area contributed by atoms with Gasteiger partial charge in [0.2, 0.25) is 29.1 Å². The quantitative estimate of drug-likeness (QED) is 0.147. The van der Waals surface area contributed by atoms with Gasteiger partial charge in [-0.15, -0.1) is 0 Å². The smallest absolute Gasteiger partial charge is 0.281 e. The molecule has 0 radical (unpaired) electrons. The Balaban J connectivity index is 1.63. The first kappa shape index (κ1) is 25.9. The topological polar surface area (TPSA) is 60.0 Å². The number of methoxy groups -OCH3 is 2. The van der Waals surface area contributed by atoms with Crippen LogP contribution in [0.5, 0.6) is 17.2 Å². The lowest BCUT2D eigenvalue weighted by molar-refractivity contribution is -0.113. The summed E-state index contributed by atoms with van der Waals surface area (Å²) in [4.78, 5) is 14.4. The van der Waals surface area contributed by atoms with Crippen LogP contribution in [0.1, 0.15) is 11.1 Å². The summed E-state index contributed by atoms with van der Waals surface area (Å²) >= 11 is 5.31. The molecule has 1 N–H and O–H groups in total. The van der Waals surface area contributed by atoms with Crippen LogP contribution < -0.4 is 24.4 Å². The highest BCUT2D eigenvalue weighted by molar-refractivity contribution is 7.80. The molecule has 0 bridgehead atoms. The Hall–Kier alpha value is -4.19. The van der Waals surface area contributed by atoms with Crippen LogP contribution in [0.25, 0.3) is 6.08 Å². The molecule has 0 spiro atoms. The van der Waals surface area contributed by atoms with Gasteiger partial charge in [0, 0.05) is 5.56 Å². The number of nitrogens with zero attached hydrogens (tertiary/aromatic N) is 1. The van der Waals surface area contributed by atoms with Crippen molar-refractivity contribution in [1.29, 1.82) is 0 Å². The zero-order valence-corrected chi connectivity index (χ0v) is 20.0. The van der Waals surface area contributed by atoms with Crippen LogP contribution in [0.4, 0.5) is 27.6 Å². The molecule has 1 heterocycles. The third-order valence-corrected chi connectivity index (χ3v) is 5.65. The lowest BCUT2D eigenvalue weighted by Crippen LogP contribution is -2.30. The minimum atomic E-state index is -2.29. The van der Waals surface area contributed by atoms with Gasteiger partial charge in [-0.05, 0) is 48.1 Å². The fourth-order valence-corrected chi connectivity index (χ4v) is 3.89. The number of ether oxygens (including phenoxy) is 3. The number of carbonyl (C=O) groups is 1. The van der Waals surface area contributed by atoms with Gasteiger partial charge in [0.25, 0.3) is 5.91 Å². The van der Waals surface area contributed by atoms with Crippen molar-refractivity contribution in [2.45, 2.75) is 6.61 Å². The number of anilines is 1. The van der Waals surface area contributed by atoms with Crippen LogP contribution in [0.2, 0.25) is 0 Å². The fraction of sp³-hybridized carbons (Fsp3) is 0.120. The monoisotopic (exact) mass is 536 g/mol. The summed E-state index contributed by atoms with van der Waals surface area (Å²) in [6.45, 7) is -0.605. The maximum atomic E-state index is 14.0. The van der Waals surface area contributed by atoms with Crippen molar-refractivity contribution in [1.82, 2.24) is 5.32 Å². The van der Waals surface area contributed by atoms with Crippen LogP contribution in [0, 0.1) is 29.1 Å². The van der Waals surface area contributed by atoms with Crippen molar-refractivity contribution in [3.05, 3.63) is 88.4 Å². The van der Waals surface area contributed by atoms with Gasteiger partial charge in [-0.2, -0.15) is 8.78 Å². The van der Waals surface area contributed by atoms with Gasteiger partial charge in [-0.3, -0.25) is 4.79 Å². The second kappa shape index (κ2) is 10.4. The van der Waals surface area contributed by atoms with Crippen molar-refractivity contribution < 1.29 is 41.0 Å². The lowest BCUT2D eigenvalue weighted by atomic mass is 10.1. The summed E-state index contributed by atoms with van der Waals surface area (Å²) in [6.07, 6.45) is 1.46. The largest absolute Gasteiger partial charge is 0.496 e. The Morgan fingerprint density at radius 1 is 0.892 bits per heavy atom. The Labute approximate surface area is 212 Å². The predicted molar refractivity (Wildman–Crippen MR) is 128 cm³/mol. The number of hydrogen-bond acceptors (Lipinski definition) is 5. The summed E-state index contributed by atoms with van der Waals surface area (Å²) in [5.41, 5.74) is 1.18. The van der Waals surface area contributed by atoms with E-state index < -0.39 is 47.3 Å². The Morgan fingerprint density at radius 2 is 1.51 bits per heavy atom. The van der Waals surface area contributed by atoms with Crippen molar-refractivity contribution in [3.63, 3.8) is 0 Å². The van der Waals surface area contributed by atoms with E-state index in [4.69, 9.17) is 26.4 Å². The van der Waals surface area contributed by atoms with E-state index in [0.717, 1.165) is 0 Å². The summed E-state index contributed by atoms with van der Waals surface area (Å²) in [5, 5.41) is 2.94. The third-order valence-electron chi connectivity index (χ3n) is 5.36. The number of halogens is 5. The van der Waals surface area contributed by atoms with Crippen LogP contribution in [0.3, 0.4) is 0 Å². The minimum Gasteiger partial charge on any atom is -0.496 e. The molecule has 1 aliphatic rings. The molecule has 1 fully saturated rings. The van der Waals surface area contributed by atoms with Gasteiger partial charge in [0.05, 0.1) is 19.9 Å². The van der Waals surface area contributed by atoms with E-state index in [9.17, 15) is 26.7 Å². The van der Waals surface area contributed by atoms with E-state index in [1.54, 1.807) is 30.3 Å². The highest BCUT2D eigenvalue weighted by Gasteiger charge is 2.33. The molecule has 1 aliphatic heterocycles. The van der Waals surface area contributed by atoms with Crippen molar-refractivity contribution in [2.24, 2.45) is 0 Å². The number of hydrogen-bond donors (Lipinski definition) is 1. The Morgan fingerprint density at radius 3 is 2.16 bits per heavy atom. The highest BCUT2D eigenvalue weighted by Crippen LogP contribution is 2.33. The van der Waals surface area contributed by atoms with E-state index in [0.29, 0.717) is 17.0 Å². The number of amides is 1. The second-order valence-electron chi connectivity index (χ2n) is 7.56. The normalized spacial score (nSPS) is 14.2. The van der Waals surface area contributed by atoms with Gasteiger partial charge < -0.3 is 19.5 Å². The summed E-state index contributed by atoms with van der Waals surface area (Å²) in [6, 6.07) is 11.3. The van der Waals surface area contributed by atoms with Crippen molar-refractivity contribution in [3.8, 4) is 17.2 Å². The van der Waals surface area contributed by atoms with Gasteiger partial charge in [-0.25, -0.2) is 18.1 Å². The van der Waals surface area contributed by atoms with Gasteiger partial charge in [0.1, 0.15) is 23.8 Å². The minimum absolute atomic E-state index is 0.115. The van der Waals surface area contributed by atoms with Crippen LogP contribution >= 0.6 is 12.2 Å². The molecule has 0 unspecified atom stereocenters. The summed E-state index contributed by atoms with van der Waals surface area (Å²) < 4.78 is 83.7. The first-order valence-electron chi connectivity index (χ1n) is 10.5. The predicted octanol–water partition coefficient (Wildman–Crippen LogP) is 5.24. The van der Waals surface area contributed by atoms with E-state index in [-0.39, 0.29) is 22.1 Å².